The lowest BCUT2D eigenvalue weighted by Crippen LogP contribution is -2.12. The molecule has 2 aromatic rings. The number of fused-ring (bicyclic) bond motifs is 1. The minimum atomic E-state index is -0.874. The average Bonchev–Trinajstić information content (AvgIpc) is 2.89. The standard InChI is InChI=1S/C14H14N2O2/c17-14(18)13-11-7-4-8-12(11)15-16(13)9-10-5-2-1-3-6-10/h1-3,5-6H,4,7-9H2,(H,17,18). The Labute approximate surface area is 105 Å². The van der Waals surface area contributed by atoms with Crippen LogP contribution in [-0.2, 0) is 19.4 Å². The highest BCUT2D eigenvalue weighted by atomic mass is 16.4. The number of carbonyl (C=O) groups is 1. The molecular weight excluding hydrogens is 228 g/mol. The molecule has 92 valence electrons. The molecule has 1 aromatic heterocycles. The zero-order valence-corrected chi connectivity index (χ0v) is 9.97. The van der Waals surface area contributed by atoms with Crippen LogP contribution in [0.3, 0.4) is 0 Å². The van der Waals surface area contributed by atoms with E-state index in [4.69, 9.17) is 0 Å². The summed E-state index contributed by atoms with van der Waals surface area (Å²) in [4.78, 5) is 11.4. The second-order valence-corrected chi connectivity index (χ2v) is 4.58. The fraction of sp³-hybridized carbons (Fsp3) is 0.286. The molecule has 18 heavy (non-hydrogen) atoms. The Bertz CT molecular complexity index is 587. The molecule has 0 radical (unpaired) electrons. The molecule has 1 aromatic carbocycles. The molecule has 1 aliphatic carbocycles. The molecule has 4 nitrogen and oxygen atoms in total. The number of hydrogen-bond acceptors (Lipinski definition) is 2. The Morgan fingerprint density at radius 1 is 1.28 bits per heavy atom. The van der Waals surface area contributed by atoms with Gasteiger partial charge in [0.15, 0.2) is 0 Å². The van der Waals surface area contributed by atoms with Gasteiger partial charge in [0.2, 0.25) is 0 Å². The molecule has 0 saturated carbocycles. The molecular formula is C14H14N2O2. The van der Waals surface area contributed by atoms with Gasteiger partial charge in [-0.2, -0.15) is 5.10 Å². The van der Waals surface area contributed by atoms with Crippen LogP contribution in [0.25, 0.3) is 0 Å². The van der Waals surface area contributed by atoms with E-state index < -0.39 is 5.97 Å². The van der Waals surface area contributed by atoms with Crippen molar-refractivity contribution in [2.45, 2.75) is 25.8 Å². The van der Waals surface area contributed by atoms with Crippen LogP contribution in [0.5, 0.6) is 0 Å². The number of carboxylic acids is 1. The molecule has 0 unspecified atom stereocenters. The molecule has 0 amide bonds. The van der Waals surface area contributed by atoms with Crippen LogP contribution in [-0.4, -0.2) is 20.9 Å². The highest BCUT2D eigenvalue weighted by molar-refractivity contribution is 5.88. The van der Waals surface area contributed by atoms with E-state index >= 15 is 0 Å². The van der Waals surface area contributed by atoms with Gasteiger partial charge < -0.3 is 5.11 Å². The number of aromatic carboxylic acids is 1. The van der Waals surface area contributed by atoms with Crippen LogP contribution in [0.15, 0.2) is 30.3 Å². The van der Waals surface area contributed by atoms with Crippen LogP contribution < -0.4 is 0 Å². The van der Waals surface area contributed by atoms with Crippen LogP contribution in [0.2, 0.25) is 0 Å². The van der Waals surface area contributed by atoms with Gasteiger partial charge in [0.25, 0.3) is 0 Å². The lowest BCUT2D eigenvalue weighted by molar-refractivity contribution is 0.0682. The fourth-order valence-corrected chi connectivity index (χ4v) is 2.55. The summed E-state index contributed by atoms with van der Waals surface area (Å²) in [6.45, 7) is 0.523. The third-order valence-electron chi connectivity index (χ3n) is 3.35. The topological polar surface area (TPSA) is 55.1 Å². The molecule has 1 N–H and O–H groups in total. The van der Waals surface area contributed by atoms with Crippen molar-refractivity contribution in [3.8, 4) is 0 Å². The minimum Gasteiger partial charge on any atom is -0.477 e. The second kappa shape index (κ2) is 4.29. The molecule has 3 rings (SSSR count). The highest BCUT2D eigenvalue weighted by Crippen LogP contribution is 2.25. The summed E-state index contributed by atoms with van der Waals surface area (Å²) in [5.41, 5.74) is 3.33. The molecule has 0 atom stereocenters. The van der Waals surface area contributed by atoms with Gasteiger partial charge in [-0.3, -0.25) is 4.68 Å². The maximum atomic E-state index is 11.4. The monoisotopic (exact) mass is 242 g/mol. The van der Waals surface area contributed by atoms with Gasteiger partial charge in [0.05, 0.1) is 12.2 Å². The summed E-state index contributed by atoms with van der Waals surface area (Å²) in [5, 5.41) is 13.8. The summed E-state index contributed by atoms with van der Waals surface area (Å²) in [5.74, 6) is -0.874. The summed E-state index contributed by atoms with van der Waals surface area (Å²) < 4.78 is 1.63. The lowest BCUT2D eigenvalue weighted by Gasteiger charge is -2.06. The third-order valence-corrected chi connectivity index (χ3v) is 3.35. The van der Waals surface area contributed by atoms with E-state index in [-0.39, 0.29) is 0 Å². The number of hydrogen-bond donors (Lipinski definition) is 1. The summed E-state index contributed by atoms with van der Waals surface area (Å²) in [6.07, 6.45) is 2.76. The van der Waals surface area contributed by atoms with Gasteiger partial charge in [-0.05, 0) is 24.8 Å². The smallest absolute Gasteiger partial charge is 0.354 e. The first-order chi connectivity index (χ1) is 8.75. The molecule has 0 spiro atoms. The molecule has 1 aliphatic rings. The van der Waals surface area contributed by atoms with Crippen LogP contribution in [0.4, 0.5) is 0 Å². The highest BCUT2D eigenvalue weighted by Gasteiger charge is 2.26. The van der Waals surface area contributed by atoms with Gasteiger partial charge in [-0.1, -0.05) is 30.3 Å². The zero-order chi connectivity index (χ0) is 12.5. The van der Waals surface area contributed by atoms with Gasteiger partial charge in [0, 0.05) is 5.56 Å². The summed E-state index contributed by atoms with van der Waals surface area (Å²) in [7, 11) is 0. The Morgan fingerprint density at radius 2 is 2.06 bits per heavy atom. The number of aryl methyl sites for hydroxylation is 1. The van der Waals surface area contributed by atoms with Gasteiger partial charge in [0.1, 0.15) is 5.69 Å². The van der Waals surface area contributed by atoms with Crippen molar-refractivity contribution < 1.29 is 9.90 Å². The normalized spacial score (nSPS) is 13.6. The first-order valence-electron chi connectivity index (χ1n) is 6.11. The molecule has 1 heterocycles. The van der Waals surface area contributed by atoms with Crippen LogP contribution in [0, 0.1) is 0 Å². The predicted octanol–water partition coefficient (Wildman–Crippen LogP) is 2.12. The largest absolute Gasteiger partial charge is 0.477 e. The van der Waals surface area contributed by atoms with E-state index in [0.29, 0.717) is 12.2 Å². The molecule has 0 saturated heterocycles. The molecule has 4 heteroatoms. The van der Waals surface area contributed by atoms with Crippen molar-refractivity contribution in [3.63, 3.8) is 0 Å². The van der Waals surface area contributed by atoms with Gasteiger partial charge >= 0.3 is 5.97 Å². The van der Waals surface area contributed by atoms with Crippen molar-refractivity contribution in [2.24, 2.45) is 0 Å². The average molecular weight is 242 g/mol. The maximum Gasteiger partial charge on any atom is 0.354 e. The number of aromatic nitrogens is 2. The van der Waals surface area contributed by atoms with Crippen molar-refractivity contribution in [3.05, 3.63) is 52.8 Å². The minimum absolute atomic E-state index is 0.367. The van der Waals surface area contributed by atoms with Crippen LogP contribution in [0.1, 0.15) is 33.7 Å². The molecule has 0 bridgehead atoms. The van der Waals surface area contributed by atoms with Crippen molar-refractivity contribution in [1.82, 2.24) is 9.78 Å². The first-order valence-corrected chi connectivity index (χ1v) is 6.11. The lowest BCUT2D eigenvalue weighted by atomic mass is 10.2. The Morgan fingerprint density at radius 3 is 2.78 bits per heavy atom. The second-order valence-electron chi connectivity index (χ2n) is 4.58. The van der Waals surface area contributed by atoms with E-state index in [2.05, 4.69) is 5.10 Å². The van der Waals surface area contributed by atoms with Crippen molar-refractivity contribution in [1.29, 1.82) is 0 Å². The van der Waals surface area contributed by atoms with E-state index in [9.17, 15) is 9.90 Å². The summed E-state index contributed by atoms with van der Waals surface area (Å²) in [6, 6.07) is 9.82. The molecule has 0 fully saturated rings. The maximum absolute atomic E-state index is 11.4. The van der Waals surface area contributed by atoms with Gasteiger partial charge in [-0.25, -0.2) is 4.79 Å². The quantitative estimate of drug-likeness (QED) is 0.896. The Balaban J connectivity index is 2.00. The Kier molecular flexibility index (Phi) is 2.63. The van der Waals surface area contributed by atoms with E-state index in [1.54, 1.807) is 4.68 Å². The Hall–Kier alpha value is -2.10. The summed E-state index contributed by atoms with van der Waals surface area (Å²) >= 11 is 0. The third kappa shape index (κ3) is 1.79. The first kappa shape index (κ1) is 11.0. The number of carboxylic acid groups (broad SMARTS) is 1. The fourth-order valence-electron chi connectivity index (χ4n) is 2.55. The predicted molar refractivity (Wildman–Crippen MR) is 66.8 cm³/mol. The van der Waals surface area contributed by atoms with E-state index in [1.807, 2.05) is 30.3 Å². The van der Waals surface area contributed by atoms with Crippen LogP contribution >= 0.6 is 0 Å². The molecule has 0 aliphatic heterocycles. The van der Waals surface area contributed by atoms with E-state index in [0.717, 1.165) is 36.1 Å². The SMILES string of the molecule is O=C(O)c1c2c(nn1Cc1ccccc1)CCC2. The zero-order valence-electron chi connectivity index (χ0n) is 9.97. The number of benzene rings is 1. The van der Waals surface area contributed by atoms with Crippen molar-refractivity contribution >= 4 is 5.97 Å². The van der Waals surface area contributed by atoms with E-state index in [1.165, 1.54) is 0 Å². The van der Waals surface area contributed by atoms with Crippen molar-refractivity contribution in [2.75, 3.05) is 0 Å². The van der Waals surface area contributed by atoms with Gasteiger partial charge in [-0.15, -0.1) is 0 Å². The number of rotatable bonds is 3. The number of nitrogens with zero attached hydrogens (tertiary/aromatic N) is 2.